The second-order valence-corrected chi connectivity index (χ2v) is 6.38. The van der Waals surface area contributed by atoms with Gasteiger partial charge in [-0.25, -0.2) is 4.39 Å². The summed E-state index contributed by atoms with van der Waals surface area (Å²) in [6.45, 7) is 3.74. The Morgan fingerprint density at radius 1 is 1.24 bits per heavy atom. The highest BCUT2D eigenvalue weighted by Gasteiger charge is 2.38. The van der Waals surface area contributed by atoms with Crippen molar-refractivity contribution >= 4 is 17.4 Å². The molecule has 0 radical (unpaired) electrons. The number of hydrogen-bond acceptors (Lipinski definition) is 3. The summed E-state index contributed by atoms with van der Waals surface area (Å²) in [5.74, 6) is -1.75. The Hall–Kier alpha value is -2.89. The Morgan fingerprint density at radius 2 is 1.92 bits per heavy atom. The quantitative estimate of drug-likeness (QED) is 0.510. The van der Waals surface area contributed by atoms with Crippen LogP contribution in [0.25, 0.3) is 5.76 Å². The summed E-state index contributed by atoms with van der Waals surface area (Å²) in [5, 5.41) is 10.6. The molecule has 1 amide bonds. The molecule has 3 rings (SSSR count). The maximum atomic E-state index is 13.0. The molecule has 2 N–H and O–H groups in total. The number of H-pyrrole nitrogens is 1. The van der Waals surface area contributed by atoms with Gasteiger partial charge in [0.05, 0.1) is 12.1 Å². The van der Waals surface area contributed by atoms with Crippen LogP contribution in [0.3, 0.4) is 0 Å². The third-order valence-corrected chi connectivity index (χ3v) is 4.36. The number of hydrogen-bond donors (Lipinski definition) is 2. The van der Waals surface area contributed by atoms with Crippen LogP contribution < -0.4 is 0 Å². The second kappa shape index (κ2) is 6.55. The molecule has 0 bridgehead atoms. The molecule has 2 aromatic rings. The number of aromatic amines is 1. The van der Waals surface area contributed by atoms with Crippen molar-refractivity contribution in [2.45, 2.75) is 26.3 Å². The number of aliphatic hydroxyl groups excluding tert-OH is 1. The lowest BCUT2D eigenvalue weighted by atomic mass is 10.0. The summed E-state index contributed by atoms with van der Waals surface area (Å²) in [7, 11) is 0. The third-order valence-electron chi connectivity index (χ3n) is 4.36. The fourth-order valence-corrected chi connectivity index (χ4v) is 2.92. The van der Waals surface area contributed by atoms with Crippen molar-refractivity contribution < 1.29 is 19.1 Å². The number of carbonyl (C=O) groups excluding carboxylic acids is 2. The van der Waals surface area contributed by atoms with Gasteiger partial charge in [0.15, 0.2) is 0 Å². The van der Waals surface area contributed by atoms with Crippen LogP contribution in [0.1, 0.15) is 30.5 Å². The highest BCUT2D eigenvalue weighted by atomic mass is 19.1. The highest BCUT2D eigenvalue weighted by molar-refractivity contribution is 6.46. The van der Waals surface area contributed by atoms with E-state index in [0.29, 0.717) is 12.0 Å². The summed E-state index contributed by atoms with van der Waals surface area (Å²) in [6.07, 6.45) is 3.78. The molecule has 5 nitrogen and oxygen atoms in total. The van der Waals surface area contributed by atoms with E-state index in [1.54, 1.807) is 24.5 Å². The molecule has 0 atom stereocenters. The molecule has 2 heterocycles. The Labute approximate surface area is 144 Å². The van der Waals surface area contributed by atoms with Gasteiger partial charge in [-0.15, -0.1) is 0 Å². The Bertz CT molecular complexity index is 850. The average molecular weight is 342 g/mol. The number of aliphatic hydroxyl groups is 1. The van der Waals surface area contributed by atoms with Crippen LogP contribution in [0.5, 0.6) is 0 Å². The predicted molar refractivity (Wildman–Crippen MR) is 91.4 cm³/mol. The van der Waals surface area contributed by atoms with E-state index in [4.69, 9.17) is 0 Å². The molecule has 1 aromatic heterocycles. The molecular formula is C19H19FN2O3. The average Bonchev–Trinajstić information content (AvgIpc) is 3.15. The zero-order valence-electron chi connectivity index (χ0n) is 14.0. The molecule has 6 heteroatoms. The Balaban J connectivity index is 1.92. The zero-order valence-corrected chi connectivity index (χ0v) is 14.0. The van der Waals surface area contributed by atoms with Crippen LogP contribution in [0.2, 0.25) is 0 Å². The standard InChI is InChI=1S/C19H19FN2O3/c1-11(2)22-10-16(18(24)19(22)25)17(23)15-9-21-8-13(15)7-12-3-5-14(20)6-4-12/h3-6,8-9,11,21,23H,7,10H2,1-2H3. The molecule has 0 unspecified atom stereocenters. The van der Waals surface area contributed by atoms with Crippen molar-refractivity contribution in [1.29, 1.82) is 0 Å². The van der Waals surface area contributed by atoms with Gasteiger partial charge in [-0.1, -0.05) is 12.1 Å². The lowest BCUT2D eigenvalue weighted by molar-refractivity contribution is -0.140. The van der Waals surface area contributed by atoms with E-state index < -0.39 is 11.7 Å². The van der Waals surface area contributed by atoms with E-state index in [0.717, 1.165) is 11.1 Å². The van der Waals surface area contributed by atoms with Gasteiger partial charge in [0.2, 0.25) is 0 Å². The topological polar surface area (TPSA) is 73.4 Å². The fraction of sp³-hybridized carbons (Fsp3) is 0.263. The van der Waals surface area contributed by atoms with Crippen LogP contribution in [-0.2, 0) is 16.0 Å². The van der Waals surface area contributed by atoms with Crippen molar-refractivity contribution in [3.05, 3.63) is 64.7 Å². The van der Waals surface area contributed by atoms with E-state index in [-0.39, 0.29) is 29.7 Å². The van der Waals surface area contributed by atoms with Crippen LogP contribution in [-0.4, -0.2) is 39.3 Å². The van der Waals surface area contributed by atoms with E-state index in [1.807, 2.05) is 13.8 Å². The lowest BCUT2D eigenvalue weighted by Gasteiger charge is -2.18. The number of nitrogens with one attached hydrogen (secondary N) is 1. The number of benzene rings is 1. The van der Waals surface area contributed by atoms with Gasteiger partial charge in [0.1, 0.15) is 11.6 Å². The first-order valence-corrected chi connectivity index (χ1v) is 8.06. The smallest absolute Gasteiger partial charge is 0.295 e. The first-order valence-electron chi connectivity index (χ1n) is 8.06. The van der Waals surface area contributed by atoms with Gasteiger partial charge in [-0.2, -0.15) is 0 Å². The summed E-state index contributed by atoms with van der Waals surface area (Å²) in [6, 6.07) is 5.97. The minimum absolute atomic E-state index is 0.0995. The van der Waals surface area contributed by atoms with E-state index >= 15 is 0 Å². The minimum Gasteiger partial charge on any atom is -0.507 e. The van der Waals surface area contributed by atoms with Crippen LogP contribution in [0, 0.1) is 5.82 Å². The van der Waals surface area contributed by atoms with E-state index in [9.17, 15) is 19.1 Å². The number of ketones is 1. The molecule has 130 valence electrons. The summed E-state index contributed by atoms with van der Waals surface area (Å²) in [4.78, 5) is 28.6. The first-order chi connectivity index (χ1) is 11.9. The number of likely N-dealkylation sites (tertiary alicyclic amines) is 1. The predicted octanol–water partition coefficient (Wildman–Crippen LogP) is 2.83. The number of nitrogens with zero attached hydrogens (tertiary/aromatic N) is 1. The maximum Gasteiger partial charge on any atom is 0.295 e. The van der Waals surface area contributed by atoms with E-state index in [2.05, 4.69) is 4.98 Å². The Morgan fingerprint density at radius 3 is 2.52 bits per heavy atom. The van der Waals surface area contributed by atoms with Crippen LogP contribution >= 0.6 is 0 Å². The number of aromatic nitrogens is 1. The molecule has 25 heavy (non-hydrogen) atoms. The zero-order chi connectivity index (χ0) is 18.1. The SMILES string of the molecule is CC(C)N1CC(=C(O)c2c[nH]cc2Cc2ccc(F)cc2)C(=O)C1=O. The van der Waals surface area contributed by atoms with Gasteiger partial charge in [-0.3, -0.25) is 9.59 Å². The molecule has 1 saturated heterocycles. The van der Waals surface area contributed by atoms with Gasteiger partial charge in [-0.05, 0) is 43.5 Å². The van der Waals surface area contributed by atoms with Crippen molar-refractivity contribution in [2.75, 3.05) is 6.54 Å². The number of Topliss-reactive ketones (excluding diaryl/α,β-unsaturated/α-hetero) is 1. The molecule has 1 fully saturated rings. The molecule has 1 aliphatic rings. The van der Waals surface area contributed by atoms with Crippen molar-refractivity contribution in [2.24, 2.45) is 0 Å². The van der Waals surface area contributed by atoms with Gasteiger partial charge in [0.25, 0.3) is 11.7 Å². The molecule has 0 aliphatic carbocycles. The maximum absolute atomic E-state index is 13.0. The first kappa shape index (κ1) is 17.0. The third kappa shape index (κ3) is 3.20. The van der Waals surface area contributed by atoms with Crippen LogP contribution in [0.4, 0.5) is 4.39 Å². The molecule has 1 aromatic carbocycles. The van der Waals surface area contributed by atoms with E-state index in [1.165, 1.54) is 17.0 Å². The number of halogens is 1. The summed E-state index contributed by atoms with van der Waals surface area (Å²) in [5.41, 5.74) is 2.22. The second-order valence-electron chi connectivity index (χ2n) is 6.38. The largest absolute Gasteiger partial charge is 0.507 e. The Kier molecular flexibility index (Phi) is 4.44. The number of rotatable bonds is 4. The lowest BCUT2D eigenvalue weighted by Crippen LogP contribution is -2.33. The molecule has 0 saturated carbocycles. The fourth-order valence-electron chi connectivity index (χ4n) is 2.92. The number of carbonyl (C=O) groups is 2. The van der Waals surface area contributed by atoms with Crippen molar-refractivity contribution in [1.82, 2.24) is 9.88 Å². The number of amides is 1. The summed E-state index contributed by atoms with van der Waals surface area (Å²) < 4.78 is 13.0. The van der Waals surface area contributed by atoms with Gasteiger partial charge >= 0.3 is 0 Å². The summed E-state index contributed by atoms with van der Waals surface area (Å²) >= 11 is 0. The van der Waals surface area contributed by atoms with Gasteiger partial charge in [0, 0.05) is 24.0 Å². The van der Waals surface area contributed by atoms with Gasteiger partial charge < -0.3 is 15.0 Å². The van der Waals surface area contributed by atoms with Crippen molar-refractivity contribution in [3.63, 3.8) is 0 Å². The normalized spacial score (nSPS) is 16.9. The monoisotopic (exact) mass is 342 g/mol. The molecule has 1 aliphatic heterocycles. The van der Waals surface area contributed by atoms with Crippen LogP contribution in [0.15, 0.2) is 42.2 Å². The highest BCUT2D eigenvalue weighted by Crippen LogP contribution is 2.27. The minimum atomic E-state index is -0.667. The molecular weight excluding hydrogens is 323 g/mol. The van der Waals surface area contributed by atoms with Crippen molar-refractivity contribution in [3.8, 4) is 0 Å². The molecule has 0 spiro atoms.